The topological polar surface area (TPSA) is 95.1 Å². The van der Waals surface area contributed by atoms with Crippen LogP contribution in [0.15, 0.2) is 73.7 Å². The number of nitrogens with one attached hydrogen (secondary N) is 1. The van der Waals surface area contributed by atoms with Crippen LogP contribution in [0.5, 0.6) is 0 Å². The molecule has 0 unspecified atom stereocenters. The van der Waals surface area contributed by atoms with Crippen LogP contribution in [0, 0.1) is 0 Å². The Bertz CT molecular complexity index is 847. The van der Waals surface area contributed by atoms with E-state index >= 15 is 0 Å². The van der Waals surface area contributed by atoms with Gasteiger partial charge in [0.25, 0.3) is 0 Å². The maximum Gasteiger partial charge on any atom is 0.500 e. The average molecular weight is 694 g/mol. The molecule has 0 aliphatic carbocycles. The van der Waals surface area contributed by atoms with Gasteiger partial charge in [0, 0.05) is 47.6 Å². The SMILES string of the molecule is C=C[Si](C=C)(O[Si](C)(C)C)O[Si](C=C)(C=C)O[Si](C=C)(C=C)O[Si](CCCNCCC[Si](OC)(OC)OC)(OC)OC. The lowest BCUT2D eigenvalue weighted by molar-refractivity contribution is 0.123. The van der Waals surface area contributed by atoms with Crippen LogP contribution in [0.3, 0.4) is 0 Å². The third kappa shape index (κ3) is 12.4. The summed E-state index contributed by atoms with van der Waals surface area (Å²) in [6.07, 6.45) is 1.59. The summed E-state index contributed by atoms with van der Waals surface area (Å²) >= 11 is 0. The van der Waals surface area contributed by atoms with E-state index in [2.05, 4.69) is 64.4 Å². The maximum absolute atomic E-state index is 6.74. The molecule has 0 aliphatic heterocycles. The molecule has 0 aliphatic rings. The van der Waals surface area contributed by atoms with Gasteiger partial charge in [-0.25, -0.2) is 0 Å². The fourth-order valence-electron chi connectivity index (χ4n) is 4.00. The molecule has 0 heterocycles. The molecule has 0 spiro atoms. The van der Waals surface area contributed by atoms with E-state index in [-0.39, 0.29) is 0 Å². The Balaban J connectivity index is 5.77. The van der Waals surface area contributed by atoms with Gasteiger partial charge in [-0.15, -0.1) is 39.5 Å². The zero-order valence-corrected chi connectivity index (χ0v) is 33.1. The van der Waals surface area contributed by atoms with E-state index in [0.717, 1.165) is 32.0 Å². The predicted molar refractivity (Wildman–Crippen MR) is 184 cm³/mol. The molecule has 0 saturated carbocycles. The van der Waals surface area contributed by atoms with E-state index in [1.165, 1.54) is 0 Å². The third-order valence-corrected chi connectivity index (χ3v) is 26.2. The first-order valence-corrected chi connectivity index (χ1v) is 27.0. The summed E-state index contributed by atoms with van der Waals surface area (Å²) < 4.78 is 54.9. The minimum Gasteiger partial charge on any atom is -0.431 e. The standard InChI is InChI=1S/C26H55NO9Si6/c1-15-38(16-2,33-37(12,13)14)34-39(17-3,18-4)35-40(19-5,20-6)36-42(31-10,32-11)26-22-24-27-23-21-25-41(28-7,29-8)30-9/h15-20,27H,1-6,21-26H2,7-14H3. The van der Waals surface area contributed by atoms with E-state index in [1.807, 2.05) is 0 Å². The van der Waals surface area contributed by atoms with Crippen LogP contribution in [0.4, 0.5) is 0 Å². The van der Waals surface area contributed by atoms with Gasteiger partial charge in [0.15, 0.2) is 8.32 Å². The van der Waals surface area contributed by atoms with Crippen molar-refractivity contribution in [3.05, 3.63) is 73.7 Å². The van der Waals surface area contributed by atoms with E-state index in [4.69, 9.17) is 38.6 Å². The summed E-state index contributed by atoms with van der Waals surface area (Å²) in [6.45, 7) is 31.8. The van der Waals surface area contributed by atoms with Gasteiger partial charge in [0.2, 0.25) is 0 Å². The second-order valence-corrected chi connectivity index (χ2v) is 30.3. The van der Waals surface area contributed by atoms with Gasteiger partial charge in [-0.3, -0.25) is 0 Å². The first kappa shape index (κ1) is 41.3. The second-order valence-electron chi connectivity index (χ2n) is 10.3. The van der Waals surface area contributed by atoms with Crippen molar-refractivity contribution in [1.82, 2.24) is 5.32 Å². The molecule has 0 saturated heterocycles. The van der Waals surface area contributed by atoms with Crippen LogP contribution in [0.25, 0.3) is 0 Å². The van der Waals surface area contributed by atoms with Gasteiger partial charge in [-0.05, 0) is 79.8 Å². The zero-order valence-electron chi connectivity index (χ0n) is 27.1. The van der Waals surface area contributed by atoms with Crippen molar-refractivity contribution in [2.45, 2.75) is 44.6 Å². The molecule has 0 rings (SSSR count). The molecule has 0 radical (unpaired) electrons. The molecule has 0 aromatic carbocycles. The van der Waals surface area contributed by atoms with E-state index < -0.39 is 51.6 Å². The van der Waals surface area contributed by atoms with E-state index in [1.54, 1.807) is 69.7 Å². The van der Waals surface area contributed by atoms with Crippen molar-refractivity contribution in [2.75, 3.05) is 48.6 Å². The molecule has 0 aromatic rings. The van der Waals surface area contributed by atoms with Crippen LogP contribution in [0.2, 0.25) is 31.7 Å². The summed E-state index contributed by atoms with van der Waals surface area (Å²) in [5.74, 6) is 0. The molecule has 42 heavy (non-hydrogen) atoms. The van der Waals surface area contributed by atoms with Crippen LogP contribution >= 0.6 is 0 Å². The Morgan fingerprint density at radius 2 is 0.786 bits per heavy atom. The van der Waals surface area contributed by atoms with Gasteiger partial charge in [-0.1, -0.05) is 0 Å². The van der Waals surface area contributed by atoms with Gasteiger partial charge in [0.1, 0.15) is 0 Å². The van der Waals surface area contributed by atoms with Gasteiger partial charge in [0.05, 0.1) is 0 Å². The maximum atomic E-state index is 6.74. The minimum absolute atomic E-state index is 0.536. The fraction of sp³-hybridized carbons (Fsp3) is 0.538. The highest BCUT2D eigenvalue weighted by molar-refractivity contribution is 6.99. The first-order valence-electron chi connectivity index (χ1n) is 13.8. The molecule has 0 aromatic heterocycles. The Morgan fingerprint density at radius 1 is 0.476 bits per heavy atom. The molecule has 10 nitrogen and oxygen atoms in total. The Kier molecular flexibility index (Phi) is 18.7. The second kappa shape index (κ2) is 19.0. The molecule has 0 atom stereocenters. The van der Waals surface area contributed by atoms with E-state index in [9.17, 15) is 0 Å². The molecule has 0 fully saturated rings. The molecule has 1 N–H and O–H groups in total. The lowest BCUT2D eigenvalue weighted by atomic mass is 10.4. The van der Waals surface area contributed by atoms with Crippen LogP contribution in [-0.4, -0.2) is 100 Å². The Hall–Kier alpha value is -0.659. The summed E-state index contributed by atoms with van der Waals surface area (Å²) in [6, 6.07) is 1.25. The van der Waals surface area contributed by atoms with Gasteiger partial charge in [-0.2, -0.15) is 0 Å². The zero-order chi connectivity index (χ0) is 32.6. The van der Waals surface area contributed by atoms with Crippen molar-refractivity contribution in [3.8, 4) is 0 Å². The lowest BCUT2D eigenvalue weighted by Gasteiger charge is -2.42. The highest BCUT2D eigenvalue weighted by Crippen LogP contribution is 2.31. The minimum atomic E-state index is -3.41. The monoisotopic (exact) mass is 693 g/mol. The number of rotatable bonds is 27. The Morgan fingerprint density at radius 3 is 1.10 bits per heavy atom. The quantitative estimate of drug-likeness (QED) is 0.0932. The average Bonchev–Trinajstić information content (AvgIpc) is 3.00. The fourth-order valence-corrected chi connectivity index (χ4v) is 23.9. The molecule has 16 heteroatoms. The van der Waals surface area contributed by atoms with Crippen molar-refractivity contribution < 1.29 is 38.6 Å². The molecule has 0 bridgehead atoms. The van der Waals surface area contributed by atoms with Crippen LogP contribution in [-0.2, 0) is 38.6 Å². The van der Waals surface area contributed by atoms with Crippen molar-refractivity contribution in [2.24, 2.45) is 0 Å². The third-order valence-electron chi connectivity index (χ3n) is 6.35. The summed E-state index contributed by atoms with van der Waals surface area (Å²) in [5, 5.41) is 3.44. The predicted octanol–water partition coefficient (Wildman–Crippen LogP) is 5.05. The molecule has 0 amide bonds. The van der Waals surface area contributed by atoms with Crippen LogP contribution < -0.4 is 5.32 Å². The van der Waals surface area contributed by atoms with Crippen molar-refractivity contribution >= 4 is 51.6 Å². The smallest absolute Gasteiger partial charge is 0.431 e. The molecular weight excluding hydrogens is 639 g/mol. The number of hydrogen-bond donors (Lipinski definition) is 1. The van der Waals surface area contributed by atoms with Crippen LogP contribution in [0.1, 0.15) is 12.8 Å². The summed E-state index contributed by atoms with van der Waals surface area (Å²) in [7, 11) is -9.76. The van der Waals surface area contributed by atoms with Crippen molar-refractivity contribution in [1.29, 1.82) is 0 Å². The number of hydrogen-bond acceptors (Lipinski definition) is 10. The molecule has 242 valence electrons. The Labute approximate surface area is 261 Å². The van der Waals surface area contributed by atoms with Gasteiger partial charge >= 0.3 is 43.3 Å². The largest absolute Gasteiger partial charge is 0.500 e. The highest BCUT2D eigenvalue weighted by atomic mass is 28.5. The summed E-state index contributed by atoms with van der Waals surface area (Å²) in [5.41, 5.74) is 9.94. The highest BCUT2D eigenvalue weighted by Gasteiger charge is 2.54. The normalized spacial score (nSPS) is 13.4. The van der Waals surface area contributed by atoms with Gasteiger partial charge < -0.3 is 43.9 Å². The van der Waals surface area contributed by atoms with E-state index in [0.29, 0.717) is 6.04 Å². The first-order chi connectivity index (χ1) is 19.7. The van der Waals surface area contributed by atoms with Crippen molar-refractivity contribution in [3.63, 3.8) is 0 Å². The molecular formula is C26H55NO9Si6. The lowest BCUT2D eigenvalue weighted by Crippen LogP contribution is -2.62. The summed E-state index contributed by atoms with van der Waals surface area (Å²) in [4.78, 5) is 0.